The summed E-state index contributed by atoms with van der Waals surface area (Å²) in [6.45, 7) is 5.71. The molecule has 0 aliphatic rings. The lowest BCUT2D eigenvalue weighted by atomic mass is 10.4. The van der Waals surface area contributed by atoms with Crippen molar-refractivity contribution in [2.75, 3.05) is 7.05 Å². The molecule has 0 amide bonds. The van der Waals surface area contributed by atoms with Crippen molar-refractivity contribution in [1.29, 1.82) is 0 Å². The molecule has 0 atom stereocenters. The van der Waals surface area contributed by atoms with Gasteiger partial charge in [0.15, 0.2) is 5.96 Å². The van der Waals surface area contributed by atoms with E-state index in [0.29, 0.717) is 0 Å². The third-order valence-corrected chi connectivity index (χ3v) is 4.65. The largest absolute Gasteiger partial charge is 0.352 e. The minimum atomic E-state index is 0. The third-order valence-electron chi connectivity index (χ3n) is 2.71. The number of hydrogen-bond acceptors (Lipinski definition) is 4. The number of nitrogens with zero attached hydrogens (tertiary/aromatic N) is 2. The number of halogens is 1. The molecule has 0 unspecified atom stereocenters. The molecule has 0 saturated carbocycles. The molecular formula is C13H19IN4S2. The van der Waals surface area contributed by atoms with Crippen LogP contribution in [0, 0.1) is 13.8 Å². The summed E-state index contributed by atoms with van der Waals surface area (Å²) >= 11 is 3.47. The van der Waals surface area contributed by atoms with E-state index in [0.717, 1.165) is 24.7 Å². The van der Waals surface area contributed by atoms with Gasteiger partial charge in [-0.2, -0.15) is 0 Å². The van der Waals surface area contributed by atoms with Crippen molar-refractivity contribution in [2.24, 2.45) is 4.99 Å². The van der Waals surface area contributed by atoms with E-state index >= 15 is 0 Å². The van der Waals surface area contributed by atoms with Gasteiger partial charge < -0.3 is 10.6 Å². The first-order chi connectivity index (χ1) is 9.19. The molecule has 110 valence electrons. The van der Waals surface area contributed by atoms with Crippen molar-refractivity contribution in [3.8, 4) is 0 Å². The monoisotopic (exact) mass is 422 g/mol. The van der Waals surface area contributed by atoms with E-state index in [1.807, 2.05) is 12.4 Å². The Hall–Kier alpha value is -0.670. The van der Waals surface area contributed by atoms with Crippen LogP contribution in [0.3, 0.4) is 0 Å². The van der Waals surface area contributed by atoms with E-state index in [1.54, 1.807) is 29.7 Å². The van der Waals surface area contributed by atoms with Crippen LogP contribution < -0.4 is 10.6 Å². The molecule has 2 rings (SSSR count). The number of aryl methyl sites for hydroxylation is 2. The predicted molar refractivity (Wildman–Crippen MR) is 98.4 cm³/mol. The SMILES string of the molecule is CN=C(NCc1ccc(C)s1)NCc1scnc1C.I. The quantitative estimate of drug-likeness (QED) is 0.452. The lowest BCUT2D eigenvalue weighted by Gasteiger charge is -2.10. The first-order valence-corrected chi connectivity index (χ1v) is 7.77. The minimum Gasteiger partial charge on any atom is -0.352 e. The van der Waals surface area contributed by atoms with Gasteiger partial charge in [-0.15, -0.1) is 46.7 Å². The molecule has 0 saturated heterocycles. The number of aliphatic imine (C=N–C) groups is 1. The maximum absolute atomic E-state index is 4.24. The number of thiophene rings is 1. The van der Waals surface area contributed by atoms with Gasteiger partial charge in [-0.3, -0.25) is 4.99 Å². The van der Waals surface area contributed by atoms with Gasteiger partial charge in [0, 0.05) is 21.7 Å². The molecule has 0 aromatic carbocycles. The molecule has 0 aliphatic carbocycles. The number of rotatable bonds is 4. The van der Waals surface area contributed by atoms with Gasteiger partial charge in [-0.05, 0) is 26.0 Å². The summed E-state index contributed by atoms with van der Waals surface area (Å²) in [6, 6.07) is 4.28. The average Bonchev–Trinajstić information content (AvgIpc) is 2.99. The van der Waals surface area contributed by atoms with Crippen molar-refractivity contribution < 1.29 is 0 Å². The van der Waals surface area contributed by atoms with Gasteiger partial charge in [0.1, 0.15) is 0 Å². The van der Waals surface area contributed by atoms with Gasteiger partial charge in [0.25, 0.3) is 0 Å². The molecule has 4 nitrogen and oxygen atoms in total. The molecule has 0 spiro atoms. The zero-order valence-corrected chi connectivity index (χ0v) is 15.7. The maximum atomic E-state index is 4.24. The summed E-state index contributed by atoms with van der Waals surface area (Å²) in [5.74, 6) is 0.818. The van der Waals surface area contributed by atoms with E-state index in [1.165, 1.54) is 14.6 Å². The van der Waals surface area contributed by atoms with Crippen LogP contribution in [0.5, 0.6) is 0 Å². The van der Waals surface area contributed by atoms with Gasteiger partial charge in [-0.25, -0.2) is 4.98 Å². The van der Waals surface area contributed by atoms with Crippen LogP contribution in [-0.4, -0.2) is 18.0 Å². The smallest absolute Gasteiger partial charge is 0.191 e. The second kappa shape index (κ2) is 8.58. The van der Waals surface area contributed by atoms with Crippen molar-refractivity contribution in [2.45, 2.75) is 26.9 Å². The van der Waals surface area contributed by atoms with Gasteiger partial charge in [0.2, 0.25) is 0 Å². The van der Waals surface area contributed by atoms with E-state index in [2.05, 4.69) is 39.7 Å². The maximum Gasteiger partial charge on any atom is 0.191 e. The first-order valence-electron chi connectivity index (χ1n) is 6.08. The van der Waals surface area contributed by atoms with Crippen molar-refractivity contribution in [3.63, 3.8) is 0 Å². The zero-order chi connectivity index (χ0) is 13.7. The number of aromatic nitrogens is 1. The Balaban J connectivity index is 0.00000200. The highest BCUT2D eigenvalue weighted by molar-refractivity contribution is 14.0. The van der Waals surface area contributed by atoms with E-state index in [-0.39, 0.29) is 24.0 Å². The molecule has 0 aliphatic heterocycles. The Morgan fingerprint density at radius 1 is 1.25 bits per heavy atom. The highest BCUT2D eigenvalue weighted by atomic mass is 127. The van der Waals surface area contributed by atoms with Crippen LogP contribution >= 0.6 is 46.7 Å². The summed E-state index contributed by atoms with van der Waals surface area (Å²) in [4.78, 5) is 12.4. The van der Waals surface area contributed by atoms with Crippen molar-refractivity contribution in [1.82, 2.24) is 15.6 Å². The number of thiazole rings is 1. The Bertz CT molecular complexity index is 562. The molecule has 0 bridgehead atoms. The zero-order valence-electron chi connectivity index (χ0n) is 11.8. The van der Waals surface area contributed by atoms with Crippen LogP contribution in [0.4, 0.5) is 0 Å². The topological polar surface area (TPSA) is 49.3 Å². The molecular weight excluding hydrogens is 403 g/mol. The number of hydrogen-bond donors (Lipinski definition) is 2. The summed E-state index contributed by atoms with van der Waals surface area (Å²) in [5, 5.41) is 6.62. The molecule has 2 aromatic heterocycles. The second-order valence-corrected chi connectivity index (χ2v) is 6.46. The van der Waals surface area contributed by atoms with Crippen molar-refractivity contribution in [3.05, 3.63) is 38.0 Å². The Kier molecular flexibility index (Phi) is 7.46. The average molecular weight is 422 g/mol. The van der Waals surface area contributed by atoms with Gasteiger partial charge >= 0.3 is 0 Å². The molecule has 20 heavy (non-hydrogen) atoms. The van der Waals surface area contributed by atoms with Gasteiger partial charge in [0.05, 0.1) is 24.3 Å². The standard InChI is InChI=1S/C13H18N4S2.HI/c1-9-4-5-11(19-9)6-15-13(14-3)16-7-12-10(2)17-8-18-12;/h4-5,8H,6-7H2,1-3H3,(H2,14,15,16);1H. The highest BCUT2D eigenvalue weighted by Gasteiger charge is 2.03. The van der Waals surface area contributed by atoms with Crippen LogP contribution in [0.25, 0.3) is 0 Å². The lowest BCUT2D eigenvalue weighted by Crippen LogP contribution is -2.36. The molecule has 0 radical (unpaired) electrons. The molecule has 2 heterocycles. The fraction of sp³-hybridized carbons (Fsp3) is 0.385. The molecule has 7 heteroatoms. The fourth-order valence-corrected chi connectivity index (χ4v) is 3.18. The van der Waals surface area contributed by atoms with Crippen LogP contribution in [0.1, 0.15) is 20.3 Å². The predicted octanol–water partition coefficient (Wildman–Crippen LogP) is 3.30. The van der Waals surface area contributed by atoms with Crippen LogP contribution in [0.15, 0.2) is 22.6 Å². The Morgan fingerprint density at radius 3 is 2.55 bits per heavy atom. The Morgan fingerprint density at radius 2 is 2.00 bits per heavy atom. The summed E-state index contributed by atoms with van der Waals surface area (Å²) < 4.78 is 0. The first kappa shape index (κ1) is 17.4. The molecule has 2 N–H and O–H groups in total. The van der Waals surface area contributed by atoms with E-state index in [9.17, 15) is 0 Å². The van der Waals surface area contributed by atoms with Crippen LogP contribution in [-0.2, 0) is 13.1 Å². The summed E-state index contributed by atoms with van der Waals surface area (Å²) in [5.41, 5.74) is 2.96. The second-order valence-electron chi connectivity index (χ2n) is 4.15. The van der Waals surface area contributed by atoms with Crippen LogP contribution in [0.2, 0.25) is 0 Å². The number of guanidine groups is 1. The van der Waals surface area contributed by atoms with Gasteiger partial charge in [-0.1, -0.05) is 0 Å². The summed E-state index contributed by atoms with van der Waals surface area (Å²) in [6.07, 6.45) is 0. The normalized spacial score (nSPS) is 11.1. The van der Waals surface area contributed by atoms with E-state index in [4.69, 9.17) is 0 Å². The number of nitrogens with one attached hydrogen (secondary N) is 2. The third kappa shape index (κ3) is 5.02. The molecule has 2 aromatic rings. The van der Waals surface area contributed by atoms with Crippen molar-refractivity contribution >= 4 is 52.6 Å². The van der Waals surface area contributed by atoms with E-state index < -0.39 is 0 Å². The lowest BCUT2D eigenvalue weighted by molar-refractivity contribution is 0.818. The Labute approximate surface area is 144 Å². The summed E-state index contributed by atoms with van der Waals surface area (Å²) in [7, 11) is 1.79. The fourth-order valence-electron chi connectivity index (χ4n) is 1.63. The minimum absolute atomic E-state index is 0. The highest BCUT2D eigenvalue weighted by Crippen LogP contribution is 2.14. The molecule has 0 fully saturated rings.